The number of hydrogen-bond donors (Lipinski definition) is 4. The Kier molecular flexibility index (Phi) is 6.11. The standard InChI is InChI=1S/C23H24N4O4/c1-14-10-16(18-4-2-3-5-20(18)25-14)13-31-17-8-6-15(7-9-17)22(28)26-21-12-24-11-19(21)23(29)27-30/h2-10,19,21,24,30H,11-13H2,1H3,(H,26,28)(H,27,29)/t19-,21+/m1/s1. The Hall–Kier alpha value is -3.49. The van der Waals surface area contributed by atoms with E-state index in [-0.39, 0.29) is 5.91 Å². The number of fused-ring (bicyclic) bond motifs is 1. The van der Waals surface area contributed by atoms with Crippen molar-refractivity contribution in [3.05, 3.63) is 71.4 Å². The van der Waals surface area contributed by atoms with Gasteiger partial charge in [0.1, 0.15) is 12.4 Å². The number of benzene rings is 2. The summed E-state index contributed by atoms with van der Waals surface area (Å²) in [6.07, 6.45) is 0. The Balaban J connectivity index is 1.40. The van der Waals surface area contributed by atoms with Gasteiger partial charge in [0, 0.05) is 35.3 Å². The monoisotopic (exact) mass is 420 g/mol. The van der Waals surface area contributed by atoms with E-state index in [1.807, 2.05) is 37.3 Å². The van der Waals surface area contributed by atoms with Crippen LogP contribution in [-0.2, 0) is 11.4 Å². The number of nitrogens with zero attached hydrogens (tertiary/aromatic N) is 1. The van der Waals surface area contributed by atoms with Crippen LogP contribution < -0.4 is 20.9 Å². The Bertz CT molecular complexity index is 1100. The first-order chi connectivity index (χ1) is 15.0. The summed E-state index contributed by atoms with van der Waals surface area (Å²) in [6, 6.07) is 16.4. The van der Waals surface area contributed by atoms with Gasteiger partial charge in [0.15, 0.2) is 0 Å². The van der Waals surface area contributed by atoms with Crippen molar-refractivity contribution in [1.29, 1.82) is 0 Å². The first-order valence-electron chi connectivity index (χ1n) is 10.1. The zero-order valence-corrected chi connectivity index (χ0v) is 17.1. The number of carbonyl (C=O) groups is 2. The van der Waals surface area contributed by atoms with Crippen LogP contribution in [0.5, 0.6) is 5.75 Å². The van der Waals surface area contributed by atoms with Crippen LogP contribution in [0, 0.1) is 12.8 Å². The van der Waals surface area contributed by atoms with Crippen molar-refractivity contribution >= 4 is 22.7 Å². The zero-order chi connectivity index (χ0) is 21.8. The Morgan fingerprint density at radius 2 is 1.94 bits per heavy atom. The first kappa shape index (κ1) is 20.8. The summed E-state index contributed by atoms with van der Waals surface area (Å²) in [5.41, 5.74) is 5.02. The van der Waals surface area contributed by atoms with E-state index in [0.717, 1.165) is 22.2 Å². The first-order valence-corrected chi connectivity index (χ1v) is 10.1. The van der Waals surface area contributed by atoms with Crippen molar-refractivity contribution in [3.63, 3.8) is 0 Å². The average Bonchev–Trinajstić information content (AvgIpc) is 3.25. The minimum Gasteiger partial charge on any atom is -0.489 e. The van der Waals surface area contributed by atoms with E-state index >= 15 is 0 Å². The third-order valence-electron chi connectivity index (χ3n) is 5.42. The van der Waals surface area contributed by atoms with Gasteiger partial charge in [-0.1, -0.05) is 18.2 Å². The van der Waals surface area contributed by atoms with Crippen LogP contribution >= 0.6 is 0 Å². The molecule has 1 fully saturated rings. The number of hydroxylamine groups is 1. The fourth-order valence-corrected chi connectivity index (χ4v) is 3.82. The number of nitrogens with one attached hydrogen (secondary N) is 3. The molecule has 4 N–H and O–H groups in total. The third kappa shape index (κ3) is 4.65. The molecule has 2 atom stereocenters. The lowest BCUT2D eigenvalue weighted by molar-refractivity contribution is -0.133. The minimum absolute atomic E-state index is 0.285. The number of amides is 2. The van der Waals surface area contributed by atoms with Crippen LogP contribution in [0.15, 0.2) is 54.6 Å². The highest BCUT2D eigenvalue weighted by Crippen LogP contribution is 2.21. The summed E-state index contributed by atoms with van der Waals surface area (Å²) in [7, 11) is 0. The molecule has 1 aliphatic rings. The number of hydrogen-bond acceptors (Lipinski definition) is 6. The molecule has 1 aromatic heterocycles. The zero-order valence-electron chi connectivity index (χ0n) is 17.1. The summed E-state index contributed by atoms with van der Waals surface area (Å²) in [5.74, 6) is -0.671. The number of aryl methyl sites for hydroxylation is 1. The van der Waals surface area contributed by atoms with Gasteiger partial charge in [0.2, 0.25) is 5.91 Å². The summed E-state index contributed by atoms with van der Waals surface area (Å²) < 4.78 is 5.94. The second-order valence-corrected chi connectivity index (χ2v) is 7.57. The molecule has 0 bridgehead atoms. The highest BCUT2D eigenvalue weighted by molar-refractivity contribution is 5.95. The number of rotatable bonds is 6. The molecular weight excluding hydrogens is 396 g/mol. The van der Waals surface area contributed by atoms with E-state index in [1.165, 1.54) is 0 Å². The fraction of sp³-hybridized carbons (Fsp3) is 0.261. The maximum Gasteiger partial charge on any atom is 0.251 e. The molecule has 8 heteroatoms. The van der Waals surface area contributed by atoms with E-state index in [1.54, 1.807) is 29.7 Å². The van der Waals surface area contributed by atoms with Crippen molar-refractivity contribution in [3.8, 4) is 5.75 Å². The highest BCUT2D eigenvalue weighted by atomic mass is 16.5. The second kappa shape index (κ2) is 9.11. The maximum atomic E-state index is 12.6. The van der Waals surface area contributed by atoms with Gasteiger partial charge in [-0.25, -0.2) is 5.48 Å². The van der Waals surface area contributed by atoms with Gasteiger partial charge >= 0.3 is 0 Å². The van der Waals surface area contributed by atoms with Crippen molar-refractivity contribution in [2.75, 3.05) is 13.1 Å². The quantitative estimate of drug-likeness (QED) is 0.358. The van der Waals surface area contributed by atoms with Crippen LogP contribution in [0.4, 0.5) is 0 Å². The molecule has 1 saturated heterocycles. The van der Waals surface area contributed by atoms with Crippen LogP contribution in [0.2, 0.25) is 0 Å². The van der Waals surface area contributed by atoms with E-state index in [4.69, 9.17) is 9.94 Å². The molecule has 4 rings (SSSR count). The largest absolute Gasteiger partial charge is 0.489 e. The summed E-state index contributed by atoms with van der Waals surface area (Å²) >= 11 is 0. The molecule has 1 aliphatic heterocycles. The van der Waals surface area contributed by atoms with Gasteiger partial charge in [0.05, 0.1) is 17.5 Å². The normalized spacial score (nSPS) is 18.0. The van der Waals surface area contributed by atoms with E-state index in [9.17, 15) is 9.59 Å². The molecule has 0 radical (unpaired) electrons. The summed E-state index contributed by atoms with van der Waals surface area (Å²) in [6.45, 7) is 3.21. The van der Waals surface area contributed by atoms with Crippen molar-refractivity contribution in [2.45, 2.75) is 19.6 Å². The van der Waals surface area contributed by atoms with Gasteiger partial charge in [-0.2, -0.15) is 0 Å². The second-order valence-electron chi connectivity index (χ2n) is 7.57. The van der Waals surface area contributed by atoms with E-state index in [2.05, 4.69) is 15.6 Å². The molecule has 2 aromatic carbocycles. The average molecular weight is 420 g/mol. The van der Waals surface area contributed by atoms with Gasteiger partial charge in [-0.15, -0.1) is 0 Å². The molecule has 160 valence electrons. The Morgan fingerprint density at radius 1 is 1.16 bits per heavy atom. The molecule has 31 heavy (non-hydrogen) atoms. The maximum absolute atomic E-state index is 12.6. The molecule has 8 nitrogen and oxygen atoms in total. The molecule has 0 unspecified atom stereocenters. The van der Waals surface area contributed by atoms with Crippen LogP contribution in [0.25, 0.3) is 10.9 Å². The minimum atomic E-state index is -0.518. The highest BCUT2D eigenvalue weighted by Gasteiger charge is 2.34. The lowest BCUT2D eigenvalue weighted by atomic mass is 10.0. The topological polar surface area (TPSA) is 113 Å². The molecule has 0 aliphatic carbocycles. The molecule has 0 saturated carbocycles. The third-order valence-corrected chi connectivity index (χ3v) is 5.42. The molecule has 2 amide bonds. The molecule has 3 aromatic rings. The molecule has 2 heterocycles. The summed E-state index contributed by atoms with van der Waals surface area (Å²) in [4.78, 5) is 28.8. The van der Waals surface area contributed by atoms with E-state index < -0.39 is 17.9 Å². The number of ether oxygens (including phenoxy) is 1. The van der Waals surface area contributed by atoms with Crippen LogP contribution in [-0.4, -0.2) is 41.1 Å². The number of pyridine rings is 1. The lowest BCUT2D eigenvalue weighted by Gasteiger charge is -2.18. The SMILES string of the molecule is Cc1cc(COc2ccc(C(=O)N[C@H]3CNC[C@H]3C(=O)NO)cc2)c2ccccc2n1. The van der Waals surface area contributed by atoms with Crippen molar-refractivity contribution in [2.24, 2.45) is 5.92 Å². The number of para-hydroxylation sites is 1. The van der Waals surface area contributed by atoms with Crippen LogP contribution in [0.3, 0.4) is 0 Å². The van der Waals surface area contributed by atoms with Gasteiger partial charge < -0.3 is 15.4 Å². The Labute approximate surface area is 179 Å². The predicted octanol–water partition coefficient (Wildman–Crippen LogP) is 1.95. The fourth-order valence-electron chi connectivity index (χ4n) is 3.82. The predicted molar refractivity (Wildman–Crippen MR) is 115 cm³/mol. The van der Waals surface area contributed by atoms with Gasteiger partial charge in [0.25, 0.3) is 5.91 Å². The van der Waals surface area contributed by atoms with Crippen LogP contribution in [0.1, 0.15) is 21.6 Å². The summed E-state index contributed by atoms with van der Waals surface area (Å²) in [5, 5.41) is 15.8. The van der Waals surface area contributed by atoms with E-state index in [0.29, 0.717) is 31.0 Å². The van der Waals surface area contributed by atoms with Gasteiger partial charge in [-0.3, -0.25) is 19.8 Å². The number of carbonyl (C=O) groups excluding carboxylic acids is 2. The Morgan fingerprint density at radius 3 is 2.71 bits per heavy atom. The lowest BCUT2D eigenvalue weighted by Crippen LogP contribution is -2.45. The van der Waals surface area contributed by atoms with Crippen molar-refractivity contribution in [1.82, 2.24) is 21.1 Å². The smallest absolute Gasteiger partial charge is 0.251 e. The molecule has 0 spiro atoms. The molecular formula is C23H24N4O4. The van der Waals surface area contributed by atoms with Gasteiger partial charge in [-0.05, 0) is 43.3 Å². The number of aromatic nitrogens is 1. The van der Waals surface area contributed by atoms with Crippen molar-refractivity contribution < 1.29 is 19.5 Å².